The number of nitrogens with one attached hydrogen (secondary N) is 1. The zero-order chi connectivity index (χ0) is 17.0. The van der Waals surface area contributed by atoms with E-state index < -0.39 is 0 Å². The normalized spacial score (nSPS) is 11.9. The lowest BCUT2D eigenvalue weighted by atomic mass is 10.0. The van der Waals surface area contributed by atoms with Gasteiger partial charge in [0.15, 0.2) is 11.5 Å². The molecule has 4 nitrogen and oxygen atoms in total. The molecular weight excluding hydrogens is 314 g/mol. The minimum atomic E-state index is -0.0182. The summed E-state index contributed by atoms with van der Waals surface area (Å²) in [5.41, 5.74) is 3.79. The molecule has 0 saturated heterocycles. The van der Waals surface area contributed by atoms with Gasteiger partial charge in [0, 0.05) is 6.04 Å². The number of anilines is 1. The minimum Gasteiger partial charge on any atom is -0.493 e. The van der Waals surface area contributed by atoms with Crippen LogP contribution in [0.1, 0.15) is 29.7 Å². The Balaban J connectivity index is 2.32. The number of halogens is 1. The van der Waals surface area contributed by atoms with Crippen LogP contribution in [0.5, 0.6) is 11.5 Å². The topological polar surface area (TPSA) is 50.7 Å². The van der Waals surface area contributed by atoms with E-state index >= 15 is 0 Å². The first kappa shape index (κ1) is 17.4. The van der Waals surface area contributed by atoms with Crippen molar-refractivity contribution in [2.75, 3.05) is 19.5 Å². The first-order valence-electron chi connectivity index (χ1n) is 7.38. The van der Waals surface area contributed by atoms with Crippen LogP contribution < -0.4 is 14.8 Å². The van der Waals surface area contributed by atoms with Crippen molar-refractivity contribution in [2.45, 2.75) is 26.5 Å². The number of ether oxygens (including phenoxy) is 2. The Labute approximate surface area is 142 Å². The van der Waals surface area contributed by atoms with Crippen molar-refractivity contribution in [3.05, 3.63) is 52.0 Å². The molecule has 0 fully saturated rings. The minimum absolute atomic E-state index is 0.0150. The van der Waals surface area contributed by atoms with Gasteiger partial charge in [-0.05, 0) is 54.8 Å². The van der Waals surface area contributed by atoms with Gasteiger partial charge >= 0.3 is 0 Å². The zero-order valence-corrected chi connectivity index (χ0v) is 14.6. The molecule has 2 rings (SSSR count). The molecule has 124 valence electrons. The summed E-state index contributed by atoms with van der Waals surface area (Å²) >= 11 is 6.24. The number of rotatable bonds is 6. The molecule has 2 N–H and O–H groups in total. The van der Waals surface area contributed by atoms with E-state index in [-0.39, 0.29) is 12.6 Å². The molecule has 0 aliphatic rings. The van der Waals surface area contributed by atoms with Crippen molar-refractivity contribution in [3.8, 4) is 11.5 Å². The average molecular weight is 336 g/mol. The summed E-state index contributed by atoms with van der Waals surface area (Å²) in [5, 5.41) is 13.3. The third-order valence-electron chi connectivity index (χ3n) is 3.82. The van der Waals surface area contributed by atoms with Crippen LogP contribution in [-0.2, 0) is 6.61 Å². The molecule has 0 heterocycles. The van der Waals surface area contributed by atoms with Crippen molar-refractivity contribution in [1.82, 2.24) is 0 Å². The van der Waals surface area contributed by atoms with Crippen LogP contribution in [0.15, 0.2) is 30.3 Å². The summed E-state index contributed by atoms with van der Waals surface area (Å²) in [6.07, 6.45) is 0. The van der Waals surface area contributed by atoms with Gasteiger partial charge < -0.3 is 19.9 Å². The van der Waals surface area contributed by atoms with Crippen LogP contribution in [0.3, 0.4) is 0 Å². The number of aliphatic hydroxyl groups excluding tert-OH is 1. The number of aliphatic hydroxyl groups is 1. The Bertz CT molecular complexity index is 688. The summed E-state index contributed by atoms with van der Waals surface area (Å²) in [6.45, 7) is 4.06. The van der Waals surface area contributed by atoms with Crippen LogP contribution >= 0.6 is 11.6 Å². The average Bonchev–Trinajstić information content (AvgIpc) is 2.56. The molecule has 1 unspecified atom stereocenters. The number of methoxy groups -OCH3 is 2. The highest BCUT2D eigenvalue weighted by atomic mass is 35.5. The number of benzene rings is 2. The number of hydrogen-bond acceptors (Lipinski definition) is 4. The predicted octanol–water partition coefficient (Wildman–Crippen LogP) is 4.33. The standard InChI is InChI=1S/C18H22ClNO3/c1-11-7-17(22-3)18(23-4)9-14(11)12(2)20-16-8-13(10-21)5-6-15(16)19/h5-9,12,20-21H,10H2,1-4H3. The lowest BCUT2D eigenvalue weighted by Gasteiger charge is -2.21. The van der Waals surface area contributed by atoms with Crippen LogP contribution in [0, 0.1) is 6.92 Å². The maximum absolute atomic E-state index is 9.27. The largest absolute Gasteiger partial charge is 0.493 e. The fourth-order valence-electron chi connectivity index (χ4n) is 2.56. The summed E-state index contributed by atoms with van der Waals surface area (Å²) in [5.74, 6) is 1.40. The van der Waals surface area contributed by atoms with E-state index in [0.29, 0.717) is 16.5 Å². The van der Waals surface area contributed by atoms with Crippen LogP contribution in [0.2, 0.25) is 5.02 Å². The molecule has 0 amide bonds. The smallest absolute Gasteiger partial charge is 0.161 e. The molecule has 23 heavy (non-hydrogen) atoms. The fourth-order valence-corrected chi connectivity index (χ4v) is 2.73. The second-order valence-corrected chi connectivity index (χ2v) is 5.81. The Morgan fingerprint density at radius 3 is 2.39 bits per heavy atom. The molecule has 0 aromatic heterocycles. The molecule has 0 bridgehead atoms. The van der Waals surface area contributed by atoms with Gasteiger partial charge in [0.1, 0.15) is 0 Å². The molecular formula is C18H22ClNO3. The summed E-state index contributed by atoms with van der Waals surface area (Å²) in [7, 11) is 3.25. The highest BCUT2D eigenvalue weighted by molar-refractivity contribution is 6.33. The van der Waals surface area contributed by atoms with Gasteiger partial charge in [0.25, 0.3) is 0 Å². The Kier molecular flexibility index (Phi) is 5.74. The highest BCUT2D eigenvalue weighted by Crippen LogP contribution is 2.35. The van der Waals surface area contributed by atoms with E-state index in [1.807, 2.05) is 25.1 Å². The SMILES string of the molecule is COc1cc(C)c(C(C)Nc2cc(CO)ccc2Cl)cc1OC. The van der Waals surface area contributed by atoms with Crippen molar-refractivity contribution in [1.29, 1.82) is 0 Å². The second kappa shape index (κ2) is 7.57. The van der Waals surface area contributed by atoms with Crippen molar-refractivity contribution in [3.63, 3.8) is 0 Å². The lowest BCUT2D eigenvalue weighted by molar-refractivity contribution is 0.282. The first-order valence-corrected chi connectivity index (χ1v) is 7.76. The molecule has 0 aliphatic heterocycles. The van der Waals surface area contributed by atoms with Crippen LogP contribution in [-0.4, -0.2) is 19.3 Å². The number of hydrogen-bond donors (Lipinski definition) is 2. The molecule has 5 heteroatoms. The van der Waals surface area contributed by atoms with Crippen molar-refractivity contribution >= 4 is 17.3 Å². The van der Waals surface area contributed by atoms with E-state index in [2.05, 4.69) is 12.2 Å². The number of aryl methyl sites for hydroxylation is 1. The molecule has 2 aromatic carbocycles. The van der Waals surface area contributed by atoms with Gasteiger partial charge in [-0.1, -0.05) is 17.7 Å². The Morgan fingerprint density at radius 1 is 1.13 bits per heavy atom. The summed E-state index contributed by atoms with van der Waals surface area (Å²) in [4.78, 5) is 0. The quantitative estimate of drug-likeness (QED) is 0.825. The van der Waals surface area contributed by atoms with Crippen LogP contribution in [0.25, 0.3) is 0 Å². The molecule has 2 aromatic rings. The fraction of sp³-hybridized carbons (Fsp3) is 0.333. The van der Waals surface area contributed by atoms with Gasteiger partial charge in [0.05, 0.1) is 31.5 Å². The van der Waals surface area contributed by atoms with E-state index in [0.717, 1.165) is 22.4 Å². The van der Waals surface area contributed by atoms with E-state index in [1.54, 1.807) is 26.4 Å². The predicted molar refractivity (Wildman–Crippen MR) is 93.7 cm³/mol. The van der Waals surface area contributed by atoms with E-state index in [9.17, 15) is 5.11 Å². The third-order valence-corrected chi connectivity index (χ3v) is 4.15. The molecule has 0 spiro atoms. The van der Waals surface area contributed by atoms with Crippen molar-refractivity contribution in [2.24, 2.45) is 0 Å². The highest BCUT2D eigenvalue weighted by Gasteiger charge is 2.15. The Morgan fingerprint density at radius 2 is 1.78 bits per heavy atom. The van der Waals surface area contributed by atoms with E-state index in [1.165, 1.54) is 0 Å². The van der Waals surface area contributed by atoms with E-state index in [4.69, 9.17) is 21.1 Å². The van der Waals surface area contributed by atoms with Crippen LogP contribution in [0.4, 0.5) is 5.69 Å². The monoisotopic (exact) mass is 335 g/mol. The van der Waals surface area contributed by atoms with Gasteiger partial charge in [-0.2, -0.15) is 0 Å². The first-order chi connectivity index (χ1) is 11.0. The molecule has 0 radical (unpaired) electrons. The summed E-state index contributed by atoms with van der Waals surface area (Å²) < 4.78 is 10.7. The van der Waals surface area contributed by atoms with Gasteiger partial charge in [-0.25, -0.2) is 0 Å². The van der Waals surface area contributed by atoms with Gasteiger partial charge in [-0.15, -0.1) is 0 Å². The molecule has 1 atom stereocenters. The summed E-state index contributed by atoms with van der Waals surface area (Å²) in [6, 6.07) is 9.38. The van der Waals surface area contributed by atoms with Crippen molar-refractivity contribution < 1.29 is 14.6 Å². The lowest BCUT2D eigenvalue weighted by Crippen LogP contribution is -2.09. The Hall–Kier alpha value is -1.91. The van der Waals surface area contributed by atoms with Gasteiger partial charge in [0.2, 0.25) is 0 Å². The maximum atomic E-state index is 9.27. The second-order valence-electron chi connectivity index (χ2n) is 5.40. The molecule has 0 aliphatic carbocycles. The zero-order valence-electron chi connectivity index (χ0n) is 13.8. The molecule has 0 saturated carbocycles. The van der Waals surface area contributed by atoms with Gasteiger partial charge in [-0.3, -0.25) is 0 Å². The maximum Gasteiger partial charge on any atom is 0.161 e. The third kappa shape index (κ3) is 3.89.